The van der Waals surface area contributed by atoms with E-state index in [1.165, 1.54) is 26.5 Å². The van der Waals surface area contributed by atoms with Gasteiger partial charge < -0.3 is 19.5 Å². The Morgan fingerprint density at radius 3 is 2.18 bits per heavy atom. The first-order valence-corrected chi connectivity index (χ1v) is 10.2. The molecule has 0 spiro atoms. The van der Waals surface area contributed by atoms with Gasteiger partial charge in [-0.2, -0.15) is 5.10 Å². The summed E-state index contributed by atoms with van der Waals surface area (Å²) in [4.78, 5) is 36.1. The smallest absolute Gasteiger partial charge is 0.343 e. The maximum atomic E-state index is 12.4. The third-order valence-corrected chi connectivity index (χ3v) is 4.65. The summed E-state index contributed by atoms with van der Waals surface area (Å²) in [5.74, 6) is -1.17. The van der Waals surface area contributed by atoms with E-state index in [0.717, 1.165) is 0 Å². The van der Waals surface area contributed by atoms with Crippen molar-refractivity contribution in [2.45, 2.75) is 0 Å². The lowest BCUT2D eigenvalue weighted by Gasteiger charge is -2.09. The number of ether oxygens (including phenoxy) is 3. The number of hydrazone groups is 1. The van der Waals surface area contributed by atoms with Crippen LogP contribution < -0.4 is 25.0 Å². The van der Waals surface area contributed by atoms with E-state index < -0.39 is 17.8 Å². The molecule has 9 nitrogen and oxygen atoms in total. The summed E-state index contributed by atoms with van der Waals surface area (Å²) in [7, 11) is 2.98. The van der Waals surface area contributed by atoms with Crippen LogP contribution in [-0.2, 0) is 9.59 Å². The van der Waals surface area contributed by atoms with Crippen molar-refractivity contribution in [1.29, 1.82) is 0 Å². The van der Waals surface area contributed by atoms with Gasteiger partial charge in [0.25, 0.3) is 0 Å². The molecule has 174 valence electrons. The van der Waals surface area contributed by atoms with Gasteiger partial charge in [0.05, 0.1) is 26.0 Å². The average Bonchev–Trinajstić information content (AvgIpc) is 2.85. The summed E-state index contributed by atoms with van der Waals surface area (Å²) in [5.41, 5.74) is 3.45. The Hall–Kier alpha value is -4.37. The van der Waals surface area contributed by atoms with Crippen LogP contribution in [0.1, 0.15) is 15.9 Å². The van der Waals surface area contributed by atoms with Crippen LogP contribution >= 0.6 is 11.6 Å². The molecule has 0 radical (unpaired) electrons. The lowest BCUT2D eigenvalue weighted by Crippen LogP contribution is -2.32. The first-order chi connectivity index (χ1) is 16.4. The molecule has 2 N–H and O–H groups in total. The number of carbonyl (C=O) groups excluding carboxylic acids is 3. The summed E-state index contributed by atoms with van der Waals surface area (Å²) in [6.45, 7) is 0. The van der Waals surface area contributed by atoms with E-state index in [4.69, 9.17) is 25.8 Å². The van der Waals surface area contributed by atoms with Gasteiger partial charge in [-0.15, -0.1) is 0 Å². The molecule has 2 amide bonds. The van der Waals surface area contributed by atoms with Crippen LogP contribution in [0.5, 0.6) is 17.2 Å². The number of carbonyl (C=O) groups is 3. The van der Waals surface area contributed by atoms with E-state index in [9.17, 15) is 14.4 Å². The number of halogens is 1. The summed E-state index contributed by atoms with van der Waals surface area (Å²) in [6, 6.07) is 17.4. The topological polar surface area (TPSA) is 115 Å². The van der Waals surface area contributed by atoms with Crippen LogP contribution in [-0.4, -0.2) is 38.2 Å². The molecule has 0 bridgehead atoms. The first kappa shape index (κ1) is 24.3. The molecule has 3 rings (SSSR count). The van der Waals surface area contributed by atoms with Crippen molar-refractivity contribution in [3.8, 4) is 17.2 Å². The molecule has 0 saturated heterocycles. The maximum absolute atomic E-state index is 12.4. The Kier molecular flexibility index (Phi) is 8.20. The molecule has 34 heavy (non-hydrogen) atoms. The number of nitrogens with zero attached hydrogens (tertiary/aromatic N) is 1. The molecule has 0 aromatic heterocycles. The minimum atomic E-state index is -0.938. The molecule has 10 heteroatoms. The Balaban J connectivity index is 1.53. The van der Waals surface area contributed by atoms with Crippen LogP contribution in [0.25, 0.3) is 0 Å². The van der Waals surface area contributed by atoms with Gasteiger partial charge in [0.1, 0.15) is 5.75 Å². The van der Waals surface area contributed by atoms with Crippen molar-refractivity contribution in [1.82, 2.24) is 5.43 Å². The van der Waals surface area contributed by atoms with Crippen molar-refractivity contribution in [2.75, 3.05) is 19.5 Å². The van der Waals surface area contributed by atoms with Gasteiger partial charge in [0.15, 0.2) is 11.5 Å². The average molecular weight is 482 g/mol. The minimum Gasteiger partial charge on any atom is -0.493 e. The number of esters is 1. The van der Waals surface area contributed by atoms with E-state index in [1.807, 2.05) is 0 Å². The van der Waals surface area contributed by atoms with Crippen LogP contribution in [0.3, 0.4) is 0 Å². The fourth-order valence-corrected chi connectivity index (χ4v) is 2.81. The zero-order valence-corrected chi connectivity index (χ0v) is 19.0. The molecule has 0 fully saturated rings. The molecule has 0 saturated carbocycles. The summed E-state index contributed by atoms with van der Waals surface area (Å²) >= 11 is 5.78. The van der Waals surface area contributed by atoms with Crippen LogP contribution in [0.4, 0.5) is 5.69 Å². The number of methoxy groups -OCH3 is 2. The van der Waals surface area contributed by atoms with Crippen LogP contribution in [0, 0.1) is 0 Å². The standard InChI is InChI=1S/C24H20ClN3O6/c1-32-20-12-5-16(13-21(20)33-2)24(31)34-19-10-3-15(4-11-19)14-26-28-23(30)22(29)27-18-8-6-17(25)7-9-18/h3-14H,1-2H3,(H,27,29)(H,28,30). The first-order valence-electron chi connectivity index (χ1n) is 9.84. The predicted octanol–water partition coefficient (Wildman–Crippen LogP) is 3.67. The molecule has 3 aromatic carbocycles. The maximum Gasteiger partial charge on any atom is 0.343 e. The molecule has 0 atom stereocenters. The second-order valence-electron chi connectivity index (χ2n) is 6.69. The highest BCUT2D eigenvalue weighted by molar-refractivity contribution is 6.39. The number of amides is 2. The molecular weight excluding hydrogens is 462 g/mol. The number of rotatable bonds is 7. The Morgan fingerprint density at radius 1 is 0.853 bits per heavy atom. The van der Waals surface area contributed by atoms with E-state index >= 15 is 0 Å². The van der Waals surface area contributed by atoms with Gasteiger partial charge in [-0.1, -0.05) is 11.6 Å². The minimum absolute atomic E-state index is 0.294. The van der Waals surface area contributed by atoms with E-state index in [0.29, 0.717) is 39.1 Å². The third-order valence-electron chi connectivity index (χ3n) is 4.40. The quantitative estimate of drug-likeness (QED) is 0.175. The number of hydrogen-bond donors (Lipinski definition) is 2. The van der Waals surface area contributed by atoms with Gasteiger partial charge in [-0.05, 0) is 72.3 Å². The van der Waals surface area contributed by atoms with Crippen molar-refractivity contribution in [3.05, 3.63) is 82.9 Å². The number of anilines is 1. The highest BCUT2D eigenvalue weighted by Gasteiger charge is 2.14. The Morgan fingerprint density at radius 2 is 1.53 bits per heavy atom. The zero-order chi connectivity index (χ0) is 24.5. The summed E-state index contributed by atoms with van der Waals surface area (Å²) in [5, 5.41) is 6.68. The second kappa shape index (κ2) is 11.5. The molecule has 0 unspecified atom stereocenters. The van der Waals surface area contributed by atoms with Crippen LogP contribution in [0.2, 0.25) is 5.02 Å². The Labute approximate surface area is 200 Å². The number of nitrogens with one attached hydrogen (secondary N) is 2. The van der Waals surface area contributed by atoms with Crippen molar-refractivity contribution in [2.24, 2.45) is 5.10 Å². The van der Waals surface area contributed by atoms with Gasteiger partial charge in [-0.25, -0.2) is 10.2 Å². The fourth-order valence-electron chi connectivity index (χ4n) is 2.69. The SMILES string of the molecule is COc1ccc(C(=O)Oc2ccc(C=NNC(=O)C(=O)Nc3ccc(Cl)cc3)cc2)cc1OC. The monoisotopic (exact) mass is 481 g/mol. The van der Waals surface area contributed by atoms with E-state index in [2.05, 4.69) is 15.8 Å². The van der Waals surface area contributed by atoms with Gasteiger partial charge >= 0.3 is 17.8 Å². The second-order valence-corrected chi connectivity index (χ2v) is 7.12. The van der Waals surface area contributed by atoms with Crippen molar-refractivity contribution < 1.29 is 28.6 Å². The molecule has 3 aromatic rings. The van der Waals surface area contributed by atoms with Crippen molar-refractivity contribution in [3.63, 3.8) is 0 Å². The molecular formula is C24H20ClN3O6. The lowest BCUT2D eigenvalue weighted by atomic mass is 10.2. The fraction of sp³-hybridized carbons (Fsp3) is 0.0833. The third kappa shape index (κ3) is 6.57. The largest absolute Gasteiger partial charge is 0.493 e. The van der Waals surface area contributed by atoms with Crippen molar-refractivity contribution >= 4 is 41.3 Å². The normalized spacial score (nSPS) is 10.4. The highest BCUT2D eigenvalue weighted by Crippen LogP contribution is 2.28. The molecule has 0 aliphatic carbocycles. The van der Waals surface area contributed by atoms with Gasteiger partial charge in [0, 0.05) is 10.7 Å². The summed E-state index contributed by atoms with van der Waals surface area (Å²) < 4.78 is 15.7. The predicted molar refractivity (Wildman–Crippen MR) is 127 cm³/mol. The Bertz CT molecular complexity index is 1210. The number of benzene rings is 3. The van der Waals surface area contributed by atoms with Crippen LogP contribution in [0.15, 0.2) is 71.8 Å². The molecule has 0 aliphatic rings. The van der Waals surface area contributed by atoms with Gasteiger partial charge in [-0.3, -0.25) is 9.59 Å². The lowest BCUT2D eigenvalue weighted by molar-refractivity contribution is -0.136. The van der Waals surface area contributed by atoms with E-state index in [1.54, 1.807) is 60.7 Å². The molecule has 0 heterocycles. The summed E-state index contributed by atoms with van der Waals surface area (Å²) in [6.07, 6.45) is 1.34. The van der Waals surface area contributed by atoms with E-state index in [-0.39, 0.29) is 0 Å². The highest BCUT2D eigenvalue weighted by atomic mass is 35.5. The van der Waals surface area contributed by atoms with Gasteiger partial charge in [0.2, 0.25) is 0 Å². The zero-order valence-electron chi connectivity index (χ0n) is 18.2. The number of hydrogen-bond acceptors (Lipinski definition) is 7. The molecule has 0 aliphatic heterocycles.